The van der Waals surface area contributed by atoms with Crippen molar-refractivity contribution in [1.82, 2.24) is 0 Å². The summed E-state index contributed by atoms with van der Waals surface area (Å²) in [5.74, 6) is 1.23. The minimum Gasteiger partial charge on any atom is -0.404 e. The van der Waals surface area contributed by atoms with Gasteiger partial charge in [-0.25, -0.2) is 0 Å². The molecule has 1 nitrogen and oxygen atoms in total. The minimum atomic E-state index is -3.12. The van der Waals surface area contributed by atoms with E-state index in [1.165, 1.54) is 21.9 Å². The summed E-state index contributed by atoms with van der Waals surface area (Å²) < 4.78 is 7.34. The van der Waals surface area contributed by atoms with Crippen LogP contribution in [0.25, 0.3) is 0 Å². The second-order valence-corrected chi connectivity index (χ2v) is 62.1. The molecule has 298 valence electrons. The average Bonchev–Trinajstić information content (AvgIpc) is 2.86. The topological polar surface area (TPSA) is 9.23 Å². The minimum absolute atomic E-state index is 0.379. The summed E-state index contributed by atoms with van der Waals surface area (Å²) in [7, 11) is -11.2. The molecule has 2 aromatic rings. The Kier molecular flexibility index (Phi) is 15.1. The van der Waals surface area contributed by atoms with Crippen LogP contribution in [-0.2, 0) is 4.43 Å². The standard InChI is InChI=1S/C43H86OSSi7/c1-30(2)33-26-35(31(3)4)39(36(27-33)32(5)6)52(45,44-7)40-37(42(48(14,15)16)49(17,18)19)28-34(41(46(8,9)10)47(11,12)13)29-38(40)43(50(20,21)22)51(23,24)25/h26-32,41-43,45H,1-25H3. The zero-order valence-corrected chi connectivity index (χ0v) is 47.0. The smallest absolute Gasteiger partial charge is 0.317 e. The van der Waals surface area contributed by atoms with Gasteiger partial charge in [-0.05, 0) is 77.0 Å². The molecule has 0 spiro atoms. The van der Waals surface area contributed by atoms with Crippen LogP contribution in [0.1, 0.15) is 108 Å². The lowest BCUT2D eigenvalue weighted by Crippen LogP contribution is -2.64. The number of rotatable bonds is 15. The highest BCUT2D eigenvalue weighted by molar-refractivity contribution is 8.17. The molecule has 9 heteroatoms. The Morgan fingerprint density at radius 3 is 0.846 bits per heavy atom. The normalized spacial score (nSPS) is 15.6. The van der Waals surface area contributed by atoms with E-state index in [0.29, 0.717) is 33.2 Å². The molecule has 0 fully saturated rings. The fraction of sp³-hybridized carbons (Fsp3) is 0.721. The highest BCUT2D eigenvalue weighted by Crippen LogP contribution is 2.46. The monoisotopic (exact) mass is 846 g/mol. The molecule has 0 amide bonds. The van der Waals surface area contributed by atoms with E-state index in [1.807, 2.05) is 7.11 Å². The second kappa shape index (κ2) is 16.3. The molecule has 0 saturated heterocycles. The second-order valence-electron chi connectivity index (χ2n) is 24.0. The van der Waals surface area contributed by atoms with Crippen molar-refractivity contribution in [3.63, 3.8) is 0 Å². The lowest BCUT2D eigenvalue weighted by atomic mass is 9.89. The fourth-order valence-corrected chi connectivity index (χ4v) is 54.8. The third-order valence-electron chi connectivity index (χ3n) is 11.5. The summed E-state index contributed by atoms with van der Waals surface area (Å²) in [4.78, 5) is 0. The van der Waals surface area contributed by atoms with E-state index in [1.54, 1.807) is 21.9 Å². The molecule has 0 aliphatic carbocycles. The summed E-state index contributed by atoms with van der Waals surface area (Å²) in [6, 6.07) is 10.8. The van der Waals surface area contributed by atoms with Crippen molar-refractivity contribution in [3.8, 4) is 0 Å². The Hall–Kier alpha value is 0.268. The predicted octanol–water partition coefficient (Wildman–Crippen LogP) is 13.7. The first-order valence-corrected chi connectivity index (χ1v) is 45.2. The van der Waals surface area contributed by atoms with Crippen LogP contribution < -0.4 is 10.4 Å². The highest BCUT2D eigenvalue weighted by atomic mass is 32.3. The maximum Gasteiger partial charge on any atom is 0.317 e. The van der Waals surface area contributed by atoms with Crippen LogP contribution in [0, 0.1) is 0 Å². The van der Waals surface area contributed by atoms with Crippen molar-refractivity contribution >= 4 is 78.4 Å². The van der Waals surface area contributed by atoms with Crippen LogP contribution in [0.2, 0.25) is 118 Å². The van der Waals surface area contributed by atoms with Crippen molar-refractivity contribution in [2.24, 2.45) is 0 Å². The van der Waals surface area contributed by atoms with Crippen LogP contribution in [0.3, 0.4) is 0 Å². The van der Waals surface area contributed by atoms with Gasteiger partial charge in [0, 0.05) is 55.6 Å². The summed E-state index contributed by atoms with van der Waals surface area (Å²) in [6.07, 6.45) is 0. The molecular weight excluding hydrogens is 761 g/mol. The van der Waals surface area contributed by atoms with Gasteiger partial charge in [0.15, 0.2) is 0 Å². The first-order chi connectivity index (χ1) is 22.9. The maximum absolute atomic E-state index is 7.34. The van der Waals surface area contributed by atoms with Crippen LogP contribution in [-0.4, -0.2) is 63.0 Å². The molecule has 52 heavy (non-hydrogen) atoms. The van der Waals surface area contributed by atoms with Crippen LogP contribution >= 0.6 is 12.1 Å². The molecule has 0 aliphatic heterocycles. The Morgan fingerprint density at radius 2 is 0.635 bits per heavy atom. The van der Waals surface area contributed by atoms with Crippen molar-refractivity contribution in [2.45, 2.75) is 193 Å². The molecule has 0 radical (unpaired) electrons. The molecule has 0 saturated carbocycles. The number of hydrogen-bond acceptors (Lipinski definition) is 2. The number of hydrogen-bond donors (Lipinski definition) is 1. The largest absolute Gasteiger partial charge is 0.404 e. The molecule has 2 rings (SSSR count). The summed E-state index contributed by atoms with van der Waals surface area (Å²) in [5, 5.41) is 4.91. The number of benzene rings is 2. The molecular formula is C43H86OSSi7. The molecule has 0 N–H and O–H groups in total. The SMILES string of the molecule is CO[Si](S)(c1c(C(C)C)cc(C(C)C)cc1C(C)C)c1c(C([Si](C)(C)C)[Si](C)(C)C)cc(C([Si](C)(C)C)[Si](C)(C)C)cc1C([Si](C)(C)C)[Si](C)(C)C. The Bertz CT molecular complexity index is 1420. The zero-order valence-electron chi connectivity index (χ0n) is 39.1. The van der Waals surface area contributed by atoms with Gasteiger partial charge in [0.1, 0.15) is 0 Å². The van der Waals surface area contributed by atoms with Crippen molar-refractivity contribution < 1.29 is 4.43 Å². The highest BCUT2D eigenvalue weighted by Gasteiger charge is 2.52. The third kappa shape index (κ3) is 10.6. The predicted molar refractivity (Wildman–Crippen MR) is 264 cm³/mol. The van der Waals surface area contributed by atoms with Crippen LogP contribution in [0.4, 0.5) is 0 Å². The average molecular weight is 848 g/mol. The zero-order chi connectivity index (χ0) is 41.1. The lowest BCUT2D eigenvalue weighted by Gasteiger charge is -2.48. The van der Waals surface area contributed by atoms with Gasteiger partial charge in [-0.3, -0.25) is 0 Å². The van der Waals surface area contributed by atoms with E-state index in [4.69, 9.17) is 16.5 Å². The van der Waals surface area contributed by atoms with Crippen LogP contribution in [0.15, 0.2) is 24.3 Å². The molecule has 0 aromatic heterocycles. The summed E-state index contributed by atoms with van der Waals surface area (Å²) in [6.45, 7) is 62.2. The van der Waals surface area contributed by atoms with Gasteiger partial charge in [0.05, 0.1) is 0 Å². The van der Waals surface area contributed by atoms with Gasteiger partial charge in [0.25, 0.3) is 0 Å². The van der Waals surface area contributed by atoms with Gasteiger partial charge in [-0.1, -0.05) is 184 Å². The molecule has 1 unspecified atom stereocenters. The first kappa shape index (κ1) is 48.4. The van der Waals surface area contributed by atoms with Gasteiger partial charge in [-0.2, -0.15) is 12.1 Å². The van der Waals surface area contributed by atoms with Crippen LogP contribution in [0.5, 0.6) is 0 Å². The molecule has 2 aromatic carbocycles. The maximum atomic E-state index is 7.34. The van der Waals surface area contributed by atoms with E-state index in [2.05, 4.69) is 184 Å². The van der Waals surface area contributed by atoms with E-state index in [9.17, 15) is 0 Å². The lowest BCUT2D eigenvalue weighted by molar-refractivity contribution is 0.433. The summed E-state index contributed by atoms with van der Waals surface area (Å²) >= 11 is 6.22. The Balaban J connectivity index is 3.74. The van der Waals surface area contributed by atoms with Gasteiger partial charge >= 0.3 is 7.47 Å². The van der Waals surface area contributed by atoms with E-state index < -0.39 is 55.9 Å². The van der Waals surface area contributed by atoms with Crippen molar-refractivity contribution in [2.75, 3.05) is 7.11 Å². The molecule has 1 atom stereocenters. The Morgan fingerprint density at radius 1 is 0.385 bits per heavy atom. The van der Waals surface area contributed by atoms with Crippen molar-refractivity contribution in [3.05, 3.63) is 57.6 Å². The van der Waals surface area contributed by atoms with E-state index in [-0.39, 0.29) is 0 Å². The molecule has 0 bridgehead atoms. The molecule has 0 heterocycles. The van der Waals surface area contributed by atoms with Crippen molar-refractivity contribution in [1.29, 1.82) is 0 Å². The van der Waals surface area contributed by atoms with E-state index >= 15 is 0 Å². The third-order valence-corrected chi connectivity index (χ3v) is 44.4. The van der Waals surface area contributed by atoms with Gasteiger partial charge < -0.3 is 4.43 Å². The Labute approximate surface area is 338 Å². The number of thiol groups is 1. The summed E-state index contributed by atoms with van der Waals surface area (Å²) in [5.41, 5.74) is 9.42. The fourth-order valence-electron chi connectivity index (χ4n) is 11.2. The van der Waals surface area contributed by atoms with E-state index in [0.717, 1.165) is 0 Å². The quantitative estimate of drug-likeness (QED) is 0.139. The first-order valence-electron chi connectivity index (χ1n) is 20.6. The van der Waals surface area contributed by atoms with Gasteiger partial charge in [0.2, 0.25) is 0 Å². The molecule has 0 aliphatic rings. The van der Waals surface area contributed by atoms with Gasteiger partial charge in [-0.15, -0.1) is 0 Å².